The highest BCUT2D eigenvalue weighted by molar-refractivity contribution is 7.90. The van der Waals surface area contributed by atoms with Crippen molar-refractivity contribution >= 4 is 70.0 Å². The molecule has 23 heavy (non-hydrogen) atoms. The predicted octanol–water partition coefficient (Wildman–Crippen LogP) is 2.21. The smallest absolute Gasteiger partial charge is 0.221 e. The van der Waals surface area contributed by atoms with Crippen LogP contribution in [0.5, 0.6) is 0 Å². The quantitative estimate of drug-likeness (QED) is 0.310. The second kappa shape index (κ2) is 7.48. The number of hydrogen-bond donors (Lipinski definition) is 6. The van der Waals surface area contributed by atoms with Crippen molar-refractivity contribution in [2.75, 3.05) is 0 Å². The number of hydrogen-bond acceptors (Lipinski definition) is 8. The summed E-state index contributed by atoms with van der Waals surface area (Å²) in [6.07, 6.45) is 0.0539. The molecule has 0 saturated carbocycles. The predicted molar refractivity (Wildman–Crippen MR) is 104 cm³/mol. The molecule has 126 valence electrons. The molecule has 2 amide bonds. The van der Waals surface area contributed by atoms with Gasteiger partial charge >= 0.3 is 0 Å². The van der Waals surface area contributed by atoms with Crippen LogP contribution in [0, 0.1) is 11.3 Å². The van der Waals surface area contributed by atoms with E-state index in [9.17, 15) is 14.9 Å². The van der Waals surface area contributed by atoms with Crippen molar-refractivity contribution in [3.8, 4) is 6.07 Å². The van der Waals surface area contributed by atoms with E-state index in [0.29, 0.717) is 6.04 Å². The summed E-state index contributed by atoms with van der Waals surface area (Å²) in [5.41, 5.74) is 3.35. The molecule has 0 aromatic carbocycles. The van der Waals surface area contributed by atoms with E-state index in [4.69, 9.17) is 10.5 Å². The van der Waals surface area contributed by atoms with Crippen LogP contribution in [0.25, 0.3) is 0 Å². The average Bonchev–Trinajstić information content (AvgIpc) is 2.47. The van der Waals surface area contributed by atoms with Crippen LogP contribution in [0.1, 0.15) is 6.42 Å². The highest BCUT2D eigenvalue weighted by Crippen LogP contribution is 2.42. The molecule has 3 N–H and O–H groups in total. The Morgan fingerprint density at radius 3 is 2.13 bits per heavy atom. The minimum Gasteiger partial charge on any atom is -0.442 e. The van der Waals surface area contributed by atoms with Crippen LogP contribution in [0.15, 0.2) is 20.0 Å². The van der Waals surface area contributed by atoms with Gasteiger partial charge in [-0.3, -0.25) is 9.59 Å². The minimum absolute atomic E-state index is 0.0461. The maximum absolute atomic E-state index is 12.3. The highest BCUT2D eigenvalue weighted by Gasteiger charge is 2.44. The fourth-order valence-electron chi connectivity index (χ4n) is 1.69. The lowest BCUT2D eigenvalue weighted by molar-refractivity contribution is -0.121. The van der Waals surface area contributed by atoms with Crippen LogP contribution in [0.4, 0.5) is 4.79 Å². The van der Waals surface area contributed by atoms with E-state index in [-0.39, 0.29) is 31.9 Å². The van der Waals surface area contributed by atoms with Crippen LogP contribution in [0.2, 0.25) is 19.1 Å². The molecule has 0 radical (unpaired) electrons. The van der Waals surface area contributed by atoms with Crippen molar-refractivity contribution in [1.82, 2.24) is 5.32 Å². The number of carbonyl (C=O) groups excluding carboxylic acids is 2. The van der Waals surface area contributed by atoms with Crippen molar-refractivity contribution in [2.45, 2.75) is 31.1 Å². The van der Waals surface area contributed by atoms with E-state index >= 15 is 0 Å². The summed E-state index contributed by atoms with van der Waals surface area (Å²) in [5, 5.41) is 12.2. The highest BCUT2D eigenvalue weighted by atomic mass is 32.1. The Bertz CT molecular complexity index is 630. The third-order valence-electron chi connectivity index (χ3n) is 3.45. The number of nitrogens with zero attached hydrogens (tertiary/aromatic N) is 1. The summed E-state index contributed by atoms with van der Waals surface area (Å²) < 4.78 is 5.17. The average molecular weight is 408 g/mol. The van der Waals surface area contributed by atoms with Crippen LogP contribution < -0.4 is 11.1 Å². The first-order chi connectivity index (χ1) is 10.5. The number of amides is 2. The monoisotopic (exact) mass is 407 g/mol. The van der Waals surface area contributed by atoms with Crippen LogP contribution in [-0.2, 0) is 9.53 Å². The van der Waals surface area contributed by atoms with Gasteiger partial charge in [-0.2, -0.15) is 5.26 Å². The zero-order chi connectivity index (χ0) is 18.0. The molecule has 1 aliphatic rings. The first kappa shape index (κ1) is 20.4. The molecule has 11 heteroatoms. The Morgan fingerprint density at radius 2 is 1.74 bits per heavy atom. The van der Waals surface area contributed by atoms with Gasteiger partial charge in [0.25, 0.3) is 0 Å². The molecule has 0 spiro atoms. The first-order valence-electron chi connectivity index (χ1n) is 6.43. The Hall–Kier alpha value is -0.673. The van der Waals surface area contributed by atoms with E-state index in [1.165, 1.54) is 0 Å². The maximum Gasteiger partial charge on any atom is 0.221 e. The number of rotatable bonds is 5. The van der Waals surface area contributed by atoms with Gasteiger partial charge in [-0.15, -0.1) is 50.5 Å². The van der Waals surface area contributed by atoms with E-state index in [1.54, 1.807) is 13.1 Å². The van der Waals surface area contributed by atoms with Gasteiger partial charge in [-0.25, -0.2) is 0 Å². The first-order valence-corrected chi connectivity index (χ1v) is 11.4. The number of carbonyl (C=O) groups is 2. The normalized spacial score (nSPS) is 17.4. The van der Waals surface area contributed by atoms with Gasteiger partial charge in [-0.05, 0) is 6.04 Å². The van der Waals surface area contributed by atoms with Gasteiger partial charge in [-0.1, -0.05) is 13.1 Å². The second-order valence-corrected chi connectivity index (χ2v) is 12.0. The number of nitrogens with two attached hydrogens (primary N) is 1. The Morgan fingerprint density at radius 1 is 1.26 bits per heavy atom. The lowest BCUT2D eigenvalue weighted by Gasteiger charge is -2.33. The fourth-order valence-corrected chi connectivity index (χ4v) is 4.00. The van der Waals surface area contributed by atoms with Gasteiger partial charge in [0.2, 0.25) is 5.91 Å². The minimum atomic E-state index is -2.33. The van der Waals surface area contributed by atoms with Crippen molar-refractivity contribution in [1.29, 1.82) is 5.26 Å². The standard InChI is InChI=1S/C12H17N3O3S4Si/c1-23(2,11(14)17)4-3-6(16)15-12(5-13)7(19)9(21)18-10(22)8(12)20/h19-22H,3-4H2,1-2H3,(H2,14,17)(H,15,16). The lowest BCUT2D eigenvalue weighted by Crippen LogP contribution is -2.51. The molecule has 0 atom stereocenters. The molecule has 0 bridgehead atoms. The molecule has 6 nitrogen and oxygen atoms in total. The molecule has 1 aliphatic heterocycles. The molecule has 0 aromatic rings. The second-order valence-electron chi connectivity index (χ2n) is 5.57. The van der Waals surface area contributed by atoms with Crippen LogP contribution in [-0.4, -0.2) is 25.1 Å². The van der Waals surface area contributed by atoms with E-state index in [2.05, 4.69) is 55.8 Å². The molecule has 1 rings (SSSR count). The van der Waals surface area contributed by atoms with Gasteiger partial charge < -0.3 is 15.8 Å². The lowest BCUT2D eigenvalue weighted by atomic mass is 9.99. The SMILES string of the molecule is C[Si](C)(CCC(=O)NC1(C#N)C(S)=C(S)OC(S)=C1S)C(N)=O. The summed E-state index contributed by atoms with van der Waals surface area (Å²) in [6.45, 7) is 3.56. The number of nitrogens with one attached hydrogen (secondary N) is 1. The molecular weight excluding hydrogens is 391 g/mol. The summed E-state index contributed by atoms with van der Waals surface area (Å²) in [5.74, 6) is -0.435. The number of ether oxygens (including phenoxy) is 1. The Labute approximate surface area is 157 Å². The molecule has 0 saturated heterocycles. The van der Waals surface area contributed by atoms with Crippen molar-refractivity contribution in [3.63, 3.8) is 0 Å². The maximum atomic E-state index is 12.3. The molecular formula is C12H17N3O3S4Si. The number of primary amides is 1. The fraction of sp³-hybridized carbons (Fsp3) is 0.417. The largest absolute Gasteiger partial charge is 0.442 e. The zero-order valence-corrected chi connectivity index (χ0v) is 17.0. The van der Waals surface area contributed by atoms with Gasteiger partial charge in [0.05, 0.1) is 9.81 Å². The summed E-state index contributed by atoms with van der Waals surface area (Å²) in [6, 6.07) is 2.34. The summed E-state index contributed by atoms with van der Waals surface area (Å²) in [4.78, 5) is 23.8. The molecule has 0 aromatic heterocycles. The molecule has 1 heterocycles. The van der Waals surface area contributed by atoms with Crippen LogP contribution in [0.3, 0.4) is 0 Å². The third kappa shape index (κ3) is 4.24. The zero-order valence-electron chi connectivity index (χ0n) is 12.5. The molecule has 0 unspecified atom stereocenters. The van der Waals surface area contributed by atoms with E-state index in [0.717, 1.165) is 0 Å². The molecule has 0 fully saturated rings. The van der Waals surface area contributed by atoms with Gasteiger partial charge in [0, 0.05) is 6.42 Å². The Balaban J connectivity index is 3.00. The van der Waals surface area contributed by atoms with Gasteiger partial charge in [0.1, 0.15) is 6.07 Å². The van der Waals surface area contributed by atoms with Crippen LogP contribution >= 0.6 is 50.5 Å². The molecule has 0 aliphatic carbocycles. The summed E-state index contributed by atoms with van der Waals surface area (Å²) in [7, 11) is -2.33. The van der Waals surface area contributed by atoms with Crippen molar-refractivity contribution < 1.29 is 14.3 Å². The van der Waals surface area contributed by atoms with Gasteiger partial charge in [0.15, 0.2) is 29.3 Å². The van der Waals surface area contributed by atoms with E-state index in [1.807, 2.05) is 6.07 Å². The topological polar surface area (TPSA) is 105 Å². The number of thiol groups is 4. The van der Waals surface area contributed by atoms with Crippen molar-refractivity contribution in [2.24, 2.45) is 5.73 Å². The number of nitriles is 1. The summed E-state index contributed by atoms with van der Waals surface area (Å²) >= 11 is 16.6. The Kier molecular flexibility index (Phi) is 6.62. The third-order valence-corrected chi connectivity index (χ3v) is 8.34. The van der Waals surface area contributed by atoms with Crippen molar-refractivity contribution in [3.05, 3.63) is 20.0 Å². The van der Waals surface area contributed by atoms with E-state index < -0.39 is 19.5 Å².